The first-order valence-electron chi connectivity index (χ1n) is 9.78. The molecule has 6 atom stereocenters. The molecule has 0 aromatic carbocycles. The van der Waals surface area contributed by atoms with Crippen LogP contribution in [-0.2, 0) is 42.9 Å². The van der Waals surface area contributed by atoms with Gasteiger partial charge in [-0.25, -0.2) is 4.79 Å². The summed E-state index contributed by atoms with van der Waals surface area (Å²) in [5, 5.41) is 0. The molecule has 0 spiro atoms. The smallest absolute Gasteiger partial charge is 0.333 e. The fourth-order valence-corrected chi connectivity index (χ4v) is 4.95. The van der Waals surface area contributed by atoms with Crippen LogP contribution in [0.2, 0.25) is 0 Å². The molecule has 9 nitrogen and oxygen atoms in total. The third kappa shape index (κ3) is 3.21. The van der Waals surface area contributed by atoms with Gasteiger partial charge in [-0.2, -0.15) is 0 Å². The van der Waals surface area contributed by atoms with E-state index >= 15 is 0 Å². The Morgan fingerprint density at radius 2 is 1.86 bits per heavy atom. The van der Waals surface area contributed by atoms with Crippen molar-refractivity contribution in [2.24, 2.45) is 11.8 Å². The average molecular weight is 408 g/mol. The van der Waals surface area contributed by atoms with E-state index in [1.807, 2.05) is 0 Å². The second-order valence-electron chi connectivity index (χ2n) is 8.23. The molecular weight excluding hydrogens is 384 g/mol. The number of esters is 4. The van der Waals surface area contributed by atoms with Crippen LogP contribution in [0.3, 0.4) is 0 Å². The maximum atomic E-state index is 12.7. The Morgan fingerprint density at radius 1 is 1.17 bits per heavy atom. The lowest BCUT2D eigenvalue weighted by Gasteiger charge is -2.31. The summed E-state index contributed by atoms with van der Waals surface area (Å²) in [6.07, 6.45) is -0.395. The minimum atomic E-state index is -0.928. The molecule has 4 rings (SSSR count). The zero-order valence-electron chi connectivity index (χ0n) is 16.4. The summed E-state index contributed by atoms with van der Waals surface area (Å²) in [5.74, 6) is -3.87. The summed E-state index contributed by atoms with van der Waals surface area (Å²) < 4.78 is 27.1. The first kappa shape index (κ1) is 19.9. The van der Waals surface area contributed by atoms with E-state index < -0.39 is 65.7 Å². The third-order valence-corrected chi connectivity index (χ3v) is 6.28. The average Bonchev–Trinajstić information content (AvgIpc) is 3.39. The molecule has 4 fully saturated rings. The van der Waals surface area contributed by atoms with Crippen molar-refractivity contribution >= 4 is 23.9 Å². The first-order chi connectivity index (χ1) is 13.8. The van der Waals surface area contributed by atoms with Crippen LogP contribution >= 0.6 is 0 Å². The Morgan fingerprint density at radius 3 is 2.48 bits per heavy atom. The van der Waals surface area contributed by atoms with Gasteiger partial charge in [-0.05, 0) is 32.6 Å². The Kier molecular flexibility index (Phi) is 4.88. The number of hydrogen-bond donors (Lipinski definition) is 0. The Bertz CT molecular complexity index is 766. The number of ether oxygens (including phenoxy) is 5. The lowest BCUT2D eigenvalue weighted by Crippen LogP contribution is -2.48. The molecule has 3 heterocycles. The van der Waals surface area contributed by atoms with Gasteiger partial charge in [0.25, 0.3) is 0 Å². The largest absolute Gasteiger partial charge is 0.469 e. The molecule has 158 valence electrons. The van der Waals surface area contributed by atoms with Crippen molar-refractivity contribution in [3.8, 4) is 0 Å². The van der Waals surface area contributed by atoms with Gasteiger partial charge in [0.1, 0.15) is 29.6 Å². The van der Waals surface area contributed by atoms with E-state index in [0.29, 0.717) is 12.8 Å². The van der Waals surface area contributed by atoms with Gasteiger partial charge in [-0.15, -0.1) is 0 Å². The lowest BCUT2D eigenvalue weighted by molar-refractivity contribution is -0.172. The van der Waals surface area contributed by atoms with Gasteiger partial charge in [0.05, 0.1) is 13.5 Å². The number of methoxy groups -OCH3 is 1. The summed E-state index contributed by atoms with van der Waals surface area (Å²) in [6.45, 7) is 5.13. The van der Waals surface area contributed by atoms with Crippen molar-refractivity contribution < 1.29 is 42.9 Å². The highest BCUT2D eigenvalue weighted by Crippen LogP contribution is 2.51. The van der Waals surface area contributed by atoms with Crippen molar-refractivity contribution in [3.63, 3.8) is 0 Å². The molecule has 2 bridgehead atoms. The maximum Gasteiger partial charge on any atom is 0.333 e. The van der Waals surface area contributed by atoms with Crippen molar-refractivity contribution in [1.29, 1.82) is 0 Å². The molecule has 1 saturated carbocycles. The summed E-state index contributed by atoms with van der Waals surface area (Å²) in [4.78, 5) is 49.1. The number of rotatable bonds is 6. The van der Waals surface area contributed by atoms with Crippen LogP contribution in [0.5, 0.6) is 0 Å². The normalized spacial score (nSPS) is 35.9. The van der Waals surface area contributed by atoms with E-state index in [-0.39, 0.29) is 12.0 Å². The van der Waals surface area contributed by atoms with E-state index in [1.54, 1.807) is 6.92 Å². The van der Waals surface area contributed by atoms with Gasteiger partial charge in [-0.1, -0.05) is 6.58 Å². The van der Waals surface area contributed by atoms with Crippen LogP contribution in [-0.4, -0.2) is 61.0 Å². The van der Waals surface area contributed by atoms with Gasteiger partial charge in [0, 0.05) is 5.57 Å². The molecule has 6 unspecified atom stereocenters. The van der Waals surface area contributed by atoms with Crippen LogP contribution in [0.25, 0.3) is 0 Å². The van der Waals surface area contributed by atoms with Gasteiger partial charge >= 0.3 is 23.9 Å². The quantitative estimate of drug-likeness (QED) is 0.358. The lowest BCUT2D eigenvalue weighted by atomic mass is 9.78. The molecular formula is C20H24O9. The highest BCUT2D eigenvalue weighted by molar-refractivity contribution is 5.88. The van der Waals surface area contributed by atoms with Crippen molar-refractivity contribution in [2.45, 2.75) is 69.0 Å². The highest BCUT2D eigenvalue weighted by atomic mass is 16.7. The summed E-state index contributed by atoms with van der Waals surface area (Å²) in [6, 6.07) is 0. The number of hydrogen-bond acceptors (Lipinski definition) is 9. The third-order valence-electron chi connectivity index (χ3n) is 6.28. The summed E-state index contributed by atoms with van der Waals surface area (Å²) in [7, 11) is 1.23. The van der Waals surface area contributed by atoms with E-state index in [4.69, 9.17) is 23.7 Å². The van der Waals surface area contributed by atoms with Gasteiger partial charge in [0.2, 0.25) is 0 Å². The van der Waals surface area contributed by atoms with E-state index in [9.17, 15) is 19.2 Å². The molecule has 0 N–H and O–H groups in total. The molecule has 0 aromatic rings. The topological polar surface area (TPSA) is 114 Å². The molecule has 9 heteroatoms. The fraction of sp³-hybridized carbons (Fsp3) is 0.700. The van der Waals surface area contributed by atoms with E-state index in [2.05, 4.69) is 6.58 Å². The Labute approximate surface area is 167 Å². The van der Waals surface area contributed by atoms with Crippen LogP contribution in [0.1, 0.15) is 39.0 Å². The molecule has 3 saturated heterocycles. The first-order valence-corrected chi connectivity index (χ1v) is 9.78. The van der Waals surface area contributed by atoms with Gasteiger partial charge in [0.15, 0.2) is 12.2 Å². The molecule has 3 aliphatic heterocycles. The fourth-order valence-electron chi connectivity index (χ4n) is 4.95. The van der Waals surface area contributed by atoms with Crippen molar-refractivity contribution in [1.82, 2.24) is 0 Å². The molecule has 0 radical (unpaired) electrons. The number of carbonyl (C=O) groups is 4. The Balaban J connectivity index is 1.47. The van der Waals surface area contributed by atoms with E-state index in [1.165, 1.54) is 7.11 Å². The predicted molar refractivity (Wildman–Crippen MR) is 94.1 cm³/mol. The minimum Gasteiger partial charge on any atom is -0.469 e. The van der Waals surface area contributed by atoms with Crippen molar-refractivity contribution in [3.05, 3.63) is 12.2 Å². The second-order valence-corrected chi connectivity index (χ2v) is 8.23. The van der Waals surface area contributed by atoms with E-state index in [0.717, 1.165) is 12.8 Å². The second kappa shape index (κ2) is 7.12. The Hall–Kier alpha value is -2.42. The van der Waals surface area contributed by atoms with Crippen LogP contribution < -0.4 is 0 Å². The monoisotopic (exact) mass is 408 g/mol. The van der Waals surface area contributed by atoms with Crippen molar-refractivity contribution in [2.75, 3.05) is 7.11 Å². The van der Waals surface area contributed by atoms with Crippen LogP contribution in [0, 0.1) is 11.8 Å². The van der Waals surface area contributed by atoms with Gasteiger partial charge < -0.3 is 23.7 Å². The zero-order valence-corrected chi connectivity index (χ0v) is 16.4. The summed E-state index contributed by atoms with van der Waals surface area (Å²) >= 11 is 0. The molecule has 4 aliphatic rings. The molecule has 29 heavy (non-hydrogen) atoms. The standard InChI is InChI=1S/C20H24O9/c1-9(2)17(22)29-20(6-4-5-7-20)8-10(21)26-15-13-11(18(23)25-3)12-14(27-13)16(15)28-19(12)24/h11-16H,1,4-8H2,2-3H3. The number of carbonyl (C=O) groups excluding carboxylic acids is 4. The minimum absolute atomic E-state index is 0.118. The molecule has 1 aliphatic carbocycles. The molecule has 0 amide bonds. The van der Waals surface area contributed by atoms with Crippen LogP contribution in [0.4, 0.5) is 0 Å². The SMILES string of the molecule is C=C(C)C(=O)OC1(CC(=O)OC2C3OC(=O)C4C3OC2C4C(=O)OC)CCCC1. The van der Waals surface area contributed by atoms with Gasteiger partial charge in [-0.3, -0.25) is 14.4 Å². The summed E-state index contributed by atoms with van der Waals surface area (Å²) in [5.41, 5.74) is -0.668. The highest BCUT2D eigenvalue weighted by Gasteiger charge is 2.72. The molecule has 0 aromatic heterocycles. The number of fused-ring (bicyclic) bond motifs is 1. The maximum absolute atomic E-state index is 12.7. The van der Waals surface area contributed by atoms with Crippen LogP contribution in [0.15, 0.2) is 12.2 Å². The predicted octanol–water partition coefficient (Wildman–Crippen LogP) is 0.832. The zero-order chi connectivity index (χ0) is 20.9.